The van der Waals surface area contributed by atoms with Crippen molar-refractivity contribution in [3.8, 4) is 0 Å². The van der Waals surface area contributed by atoms with Crippen molar-refractivity contribution in [3.05, 3.63) is 35.4 Å². The van der Waals surface area contributed by atoms with E-state index < -0.39 is 28.3 Å². The SMILES string of the molecule is O=S(=O)(CCCF)N[C@H]1C[C@@H]1c1ccc(F)cc1F. The van der Waals surface area contributed by atoms with Gasteiger partial charge in [0.2, 0.25) is 10.0 Å². The Hall–Kier alpha value is -1.08. The second-order valence-corrected chi connectivity index (χ2v) is 6.47. The number of alkyl halides is 1. The Morgan fingerprint density at radius 1 is 1.32 bits per heavy atom. The van der Waals surface area contributed by atoms with Gasteiger partial charge in [-0.1, -0.05) is 6.07 Å². The molecule has 19 heavy (non-hydrogen) atoms. The molecular weight excluding hydrogens is 279 g/mol. The van der Waals surface area contributed by atoms with Crippen LogP contribution in [0.3, 0.4) is 0 Å². The van der Waals surface area contributed by atoms with E-state index in [2.05, 4.69) is 4.72 Å². The standard InChI is InChI=1S/C12H14F3NO2S/c13-4-1-5-19(17,18)16-12-7-10(12)9-3-2-8(14)6-11(9)15/h2-3,6,10,12,16H,1,4-5,7H2/t10-,12+/m1/s1. The van der Waals surface area contributed by atoms with Crippen molar-refractivity contribution >= 4 is 10.0 Å². The van der Waals surface area contributed by atoms with Crippen LogP contribution in [-0.2, 0) is 10.0 Å². The van der Waals surface area contributed by atoms with Crippen molar-refractivity contribution in [1.29, 1.82) is 0 Å². The van der Waals surface area contributed by atoms with Gasteiger partial charge in [0, 0.05) is 18.0 Å². The zero-order chi connectivity index (χ0) is 14.0. The van der Waals surface area contributed by atoms with E-state index in [-0.39, 0.29) is 24.1 Å². The van der Waals surface area contributed by atoms with Crippen LogP contribution >= 0.6 is 0 Å². The average molecular weight is 293 g/mol. The lowest BCUT2D eigenvalue weighted by molar-refractivity contribution is 0.483. The van der Waals surface area contributed by atoms with Gasteiger partial charge in [-0.25, -0.2) is 21.9 Å². The molecule has 1 aromatic rings. The van der Waals surface area contributed by atoms with E-state index in [0.717, 1.165) is 12.1 Å². The predicted octanol–water partition coefficient (Wildman–Crippen LogP) is 2.10. The third-order valence-corrected chi connectivity index (χ3v) is 4.52. The molecule has 0 saturated heterocycles. The Labute approximate surface area is 109 Å². The molecule has 1 aliphatic carbocycles. The molecule has 1 aromatic carbocycles. The lowest BCUT2D eigenvalue weighted by atomic mass is 10.1. The van der Waals surface area contributed by atoms with Crippen molar-refractivity contribution in [2.24, 2.45) is 0 Å². The first-order valence-electron chi connectivity index (χ1n) is 5.94. The Kier molecular flexibility index (Phi) is 4.15. The van der Waals surface area contributed by atoms with Crippen LogP contribution in [0.1, 0.15) is 24.3 Å². The topological polar surface area (TPSA) is 46.2 Å². The van der Waals surface area contributed by atoms with E-state index in [1.54, 1.807) is 0 Å². The summed E-state index contributed by atoms with van der Waals surface area (Å²) in [5, 5.41) is 0. The minimum atomic E-state index is -3.53. The highest BCUT2D eigenvalue weighted by atomic mass is 32.2. The summed E-state index contributed by atoms with van der Waals surface area (Å²) < 4.78 is 63.6. The predicted molar refractivity (Wildman–Crippen MR) is 65.0 cm³/mol. The van der Waals surface area contributed by atoms with Crippen molar-refractivity contribution in [2.75, 3.05) is 12.4 Å². The maximum absolute atomic E-state index is 13.5. The Bertz CT molecular complexity index is 562. The number of sulfonamides is 1. The molecule has 1 fully saturated rings. The van der Waals surface area contributed by atoms with Gasteiger partial charge in [-0.15, -0.1) is 0 Å². The van der Waals surface area contributed by atoms with E-state index in [1.165, 1.54) is 6.07 Å². The zero-order valence-electron chi connectivity index (χ0n) is 10.1. The molecule has 2 atom stereocenters. The van der Waals surface area contributed by atoms with Crippen molar-refractivity contribution in [3.63, 3.8) is 0 Å². The van der Waals surface area contributed by atoms with Crippen molar-refractivity contribution in [1.82, 2.24) is 4.72 Å². The van der Waals surface area contributed by atoms with Gasteiger partial charge in [-0.05, 0) is 24.5 Å². The fourth-order valence-corrected chi connectivity index (χ4v) is 3.33. The van der Waals surface area contributed by atoms with Crippen LogP contribution in [-0.4, -0.2) is 26.9 Å². The molecule has 0 unspecified atom stereocenters. The Balaban J connectivity index is 1.97. The molecule has 0 bridgehead atoms. The molecule has 2 rings (SSSR count). The summed E-state index contributed by atoms with van der Waals surface area (Å²) in [7, 11) is -3.53. The highest BCUT2D eigenvalue weighted by Crippen LogP contribution is 2.42. The molecule has 106 valence electrons. The van der Waals surface area contributed by atoms with Gasteiger partial charge >= 0.3 is 0 Å². The van der Waals surface area contributed by atoms with Crippen LogP contribution in [0.5, 0.6) is 0 Å². The first-order valence-corrected chi connectivity index (χ1v) is 7.59. The van der Waals surface area contributed by atoms with Gasteiger partial charge in [0.15, 0.2) is 0 Å². The van der Waals surface area contributed by atoms with Crippen LogP contribution in [0.25, 0.3) is 0 Å². The third-order valence-electron chi connectivity index (χ3n) is 3.03. The second kappa shape index (κ2) is 5.50. The monoisotopic (exact) mass is 293 g/mol. The smallest absolute Gasteiger partial charge is 0.211 e. The highest BCUT2D eigenvalue weighted by Gasteiger charge is 2.42. The second-order valence-electron chi connectivity index (χ2n) is 4.59. The van der Waals surface area contributed by atoms with Crippen LogP contribution < -0.4 is 4.72 Å². The van der Waals surface area contributed by atoms with Gasteiger partial charge in [0.1, 0.15) is 11.6 Å². The Morgan fingerprint density at radius 2 is 2.05 bits per heavy atom. The van der Waals surface area contributed by atoms with Gasteiger partial charge in [0.05, 0.1) is 12.4 Å². The third kappa shape index (κ3) is 3.70. The minimum absolute atomic E-state index is 0.0579. The maximum Gasteiger partial charge on any atom is 0.211 e. The molecule has 1 saturated carbocycles. The molecule has 0 radical (unpaired) electrons. The maximum atomic E-state index is 13.5. The molecule has 0 amide bonds. The molecule has 0 spiro atoms. The zero-order valence-corrected chi connectivity index (χ0v) is 10.9. The summed E-state index contributed by atoms with van der Waals surface area (Å²) >= 11 is 0. The molecule has 1 aliphatic rings. The lowest BCUT2D eigenvalue weighted by Gasteiger charge is -2.06. The van der Waals surface area contributed by atoms with Gasteiger partial charge in [-0.2, -0.15) is 0 Å². The fraction of sp³-hybridized carbons (Fsp3) is 0.500. The summed E-state index contributed by atoms with van der Waals surface area (Å²) in [5.74, 6) is -1.89. The summed E-state index contributed by atoms with van der Waals surface area (Å²) in [6.07, 6.45) is 0.412. The summed E-state index contributed by atoms with van der Waals surface area (Å²) in [6.45, 7) is -0.693. The molecule has 0 aromatic heterocycles. The average Bonchev–Trinajstić information content (AvgIpc) is 3.04. The van der Waals surface area contributed by atoms with E-state index in [0.29, 0.717) is 12.0 Å². The van der Waals surface area contributed by atoms with E-state index >= 15 is 0 Å². The van der Waals surface area contributed by atoms with Crippen LogP contribution in [0.2, 0.25) is 0 Å². The number of hydrogen-bond donors (Lipinski definition) is 1. The summed E-state index contributed by atoms with van der Waals surface area (Å²) in [6, 6.07) is 2.86. The molecule has 3 nitrogen and oxygen atoms in total. The van der Waals surface area contributed by atoms with Gasteiger partial charge < -0.3 is 0 Å². The lowest BCUT2D eigenvalue weighted by Crippen LogP contribution is -2.29. The van der Waals surface area contributed by atoms with E-state index in [1.807, 2.05) is 0 Å². The van der Waals surface area contributed by atoms with Crippen molar-refractivity contribution in [2.45, 2.75) is 24.8 Å². The largest absolute Gasteiger partial charge is 0.251 e. The van der Waals surface area contributed by atoms with Crippen LogP contribution in [0, 0.1) is 11.6 Å². The number of rotatable bonds is 6. The van der Waals surface area contributed by atoms with Crippen molar-refractivity contribution < 1.29 is 21.6 Å². The first kappa shape index (κ1) is 14.3. The number of nitrogens with one attached hydrogen (secondary N) is 1. The first-order chi connectivity index (χ1) is 8.93. The van der Waals surface area contributed by atoms with Gasteiger partial charge in [0.25, 0.3) is 0 Å². The number of halogens is 3. The number of hydrogen-bond acceptors (Lipinski definition) is 2. The normalized spacial score (nSPS) is 22.5. The molecular formula is C12H14F3NO2S. The Morgan fingerprint density at radius 3 is 2.68 bits per heavy atom. The van der Waals surface area contributed by atoms with Crippen LogP contribution in [0.15, 0.2) is 18.2 Å². The fourth-order valence-electron chi connectivity index (χ4n) is 2.01. The number of benzene rings is 1. The summed E-state index contributed by atoms with van der Waals surface area (Å²) in [5.41, 5.74) is 0.305. The van der Waals surface area contributed by atoms with Crippen LogP contribution in [0.4, 0.5) is 13.2 Å². The van der Waals surface area contributed by atoms with E-state index in [4.69, 9.17) is 0 Å². The molecule has 7 heteroatoms. The quantitative estimate of drug-likeness (QED) is 0.873. The summed E-state index contributed by atoms with van der Waals surface area (Å²) in [4.78, 5) is 0. The van der Waals surface area contributed by atoms with Gasteiger partial charge in [-0.3, -0.25) is 4.39 Å². The highest BCUT2D eigenvalue weighted by molar-refractivity contribution is 7.89. The minimum Gasteiger partial charge on any atom is -0.251 e. The molecule has 0 aliphatic heterocycles. The molecule has 1 N–H and O–H groups in total. The molecule has 0 heterocycles. The van der Waals surface area contributed by atoms with E-state index in [9.17, 15) is 21.6 Å².